The predicted octanol–water partition coefficient (Wildman–Crippen LogP) is 4.61. The first-order chi connectivity index (χ1) is 11.1. The predicted molar refractivity (Wildman–Crippen MR) is 98.9 cm³/mol. The maximum absolute atomic E-state index is 3.95. The first-order valence-corrected chi connectivity index (χ1v) is 9.70. The molecule has 0 radical (unpaired) electrons. The van der Waals surface area contributed by atoms with Crippen LogP contribution >= 0.6 is 0 Å². The van der Waals surface area contributed by atoms with Crippen LogP contribution in [0.3, 0.4) is 0 Å². The number of hydrogen-bond donors (Lipinski definition) is 2. The zero-order valence-electron chi connectivity index (χ0n) is 15.1. The molecule has 0 saturated heterocycles. The Labute approximate surface area is 142 Å². The standard InChI is InChI=1S/C21H34N2/c1-4-12-21(23-16(2)3)13-10-18(11-14-21)22-20-15-19(20)17-8-6-5-7-9-17/h5-9,16,18-20,22-23H,4,10-15H2,1-3H3/t18-,19-,20+,21+/m1/s1. The van der Waals surface area contributed by atoms with Gasteiger partial charge in [0.2, 0.25) is 0 Å². The van der Waals surface area contributed by atoms with Crippen LogP contribution in [0.5, 0.6) is 0 Å². The molecule has 23 heavy (non-hydrogen) atoms. The smallest absolute Gasteiger partial charge is 0.0184 e. The highest BCUT2D eigenvalue weighted by Gasteiger charge is 2.41. The summed E-state index contributed by atoms with van der Waals surface area (Å²) in [4.78, 5) is 0. The number of benzene rings is 1. The quantitative estimate of drug-likeness (QED) is 0.768. The van der Waals surface area contributed by atoms with Gasteiger partial charge in [-0.25, -0.2) is 0 Å². The van der Waals surface area contributed by atoms with Crippen LogP contribution in [0, 0.1) is 0 Å². The van der Waals surface area contributed by atoms with Crippen LogP contribution in [0.1, 0.15) is 77.2 Å². The van der Waals surface area contributed by atoms with Gasteiger partial charge in [0.15, 0.2) is 0 Å². The molecule has 2 aliphatic rings. The van der Waals surface area contributed by atoms with E-state index < -0.39 is 0 Å². The molecule has 0 amide bonds. The Balaban J connectivity index is 1.48. The molecular formula is C21H34N2. The molecule has 1 aromatic carbocycles. The van der Waals surface area contributed by atoms with Gasteiger partial charge in [-0.2, -0.15) is 0 Å². The van der Waals surface area contributed by atoms with E-state index in [1.165, 1.54) is 50.5 Å². The highest BCUT2D eigenvalue weighted by Crippen LogP contribution is 2.42. The first kappa shape index (κ1) is 17.0. The Bertz CT molecular complexity index is 474. The van der Waals surface area contributed by atoms with Crippen molar-refractivity contribution in [2.45, 2.75) is 95.3 Å². The lowest BCUT2D eigenvalue weighted by Crippen LogP contribution is -2.53. The van der Waals surface area contributed by atoms with E-state index >= 15 is 0 Å². The van der Waals surface area contributed by atoms with Crippen molar-refractivity contribution in [3.05, 3.63) is 35.9 Å². The third kappa shape index (κ3) is 4.36. The molecule has 0 spiro atoms. The second-order valence-corrected chi connectivity index (χ2v) is 8.13. The molecule has 0 aliphatic heterocycles. The first-order valence-electron chi connectivity index (χ1n) is 9.70. The van der Waals surface area contributed by atoms with Gasteiger partial charge in [0.25, 0.3) is 0 Å². The topological polar surface area (TPSA) is 24.1 Å². The van der Waals surface area contributed by atoms with Gasteiger partial charge in [0, 0.05) is 29.6 Å². The summed E-state index contributed by atoms with van der Waals surface area (Å²) in [6.07, 6.45) is 9.27. The van der Waals surface area contributed by atoms with Crippen LogP contribution < -0.4 is 10.6 Å². The zero-order valence-corrected chi connectivity index (χ0v) is 15.1. The number of nitrogens with one attached hydrogen (secondary N) is 2. The number of rotatable bonds is 7. The minimum Gasteiger partial charge on any atom is -0.311 e. The van der Waals surface area contributed by atoms with E-state index in [4.69, 9.17) is 0 Å². The average Bonchev–Trinajstić information content (AvgIpc) is 3.29. The molecule has 3 rings (SSSR count). The van der Waals surface area contributed by atoms with Crippen molar-refractivity contribution in [1.29, 1.82) is 0 Å². The summed E-state index contributed by atoms with van der Waals surface area (Å²) in [6, 6.07) is 13.1. The fraction of sp³-hybridized carbons (Fsp3) is 0.714. The molecule has 0 heterocycles. The molecule has 0 bridgehead atoms. The Kier molecular flexibility index (Phi) is 5.43. The van der Waals surface area contributed by atoms with E-state index in [-0.39, 0.29) is 0 Å². The van der Waals surface area contributed by atoms with Crippen LogP contribution in [0.2, 0.25) is 0 Å². The van der Waals surface area contributed by atoms with Crippen molar-refractivity contribution in [2.24, 2.45) is 0 Å². The minimum absolute atomic E-state index is 0.406. The lowest BCUT2D eigenvalue weighted by molar-refractivity contribution is 0.174. The maximum Gasteiger partial charge on any atom is 0.0184 e. The molecule has 2 fully saturated rings. The normalized spacial score (nSPS) is 33.8. The third-order valence-electron chi connectivity index (χ3n) is 5.73. The molecule has 2 nitrogen and oxygen atoms in total. The molecule has 1 aromatic rings. The van der Waals surface area contributed by atoms with Crippen LogP contribution in [-0.4, -0.2) is 23.7 Å². The minimum atomic E-state index is 0.406. The van der Waals surface area contributed by atoms with Crippen LogP contribution in [0.4, 0.5) is 0 Å². The molecule has 0 aromatic heterocycles. The maximum atomic E-state index is 3.95. The zero-order chi connectivity index (χ0) is 16.3. The largest absolute Gasteiger partial charge is 0.311 e. The molecular weight excluding hydrogens is 280 g/mol. The second kappa shape index (κ2) is 7.36. The van der Waals surface area contributed by atoms with Gasteiger partial charge in [-0.1, -0.05) is 57.5 Å². The molecule has 2 atom stereocenters. The highest BCUT2D eigenvalue weighted by molar-refractivity contribution is 5.27. The van der Waals surface area contributed by atoms with E-state index in [0.29, 0.717) is 11.6 Å². The van der Waals surface area contributed by atoms with Crippen LogP contribution in [0.15, 0.2) is 30.3 Å². The van der Waals surface area contributed by atoms with Gasteiger partial charge < -0.3 is 10.6 Å². The van der Waals surface area contributed by atoms with Gasteiger partial charge in [0.05, 0.1) is 0 Å². The van der Waals surface area contributed by atoms with E-state index in [1.807, 2.05) is 0 Å². The van der Waals surface area contributed by atoms with Gasteiger partial charge >= 0.3 is 0 Å². The summed E-state index contributed by atoms with van der Waals surface area (Å²) in [6.45, 7) is 6.90. The average molecular weight is 315 g/mol. The fourth-order valence-electron chi connectivity index (χ4n) is 4.65. The van der Waals surface area contributed by atoms with Crippen LogP contribution in [-0.2, 0) is 0 Å². The van der Waals surface area contributed by atoms with Crippen LogP contribution in [0.25, 0.3) is 0 Å². The number of hydrogen-bond acceptors (Lipinski definition) is 2. The Hall–Kier alpha value is -0.860. The van der Waals surface area contributed by atoms with E-state index in [1.54, 1.807) is 0 Å². The van der Waals surface area contributed by atoms with E-state index in [9.17, 15) is 0 Å². The second-order valence-electron chi connectivity index (χ2n) is 8.13. The summed E-state index contributed by atoms with van der Waals surface area (Å²) in [5, 5.41) is 7.84. The van der Waals surface area contributed by atoms with Crippen molar-refractivity contribution in [3.8, 4) is 0 Å². The summed E-state index contributed by atoms with van der Waals surface area (Å²) in [5.41, 5.74) is 1.92. The SMILES string of the molecule is CCC[C@]1(NC(C)C)CC[C@@H](N[C@H]2C[C@@H]2c2ccccc2)CC1. The van der Waals surface area contributed by atoms with Gasteiger partial charge in [-0.05, 0) is 44.1 Å². The van der Waals surface area contributed by atoms with Crippen molar-refractivity contribution in [1.82, 2.24) is 10.6 Å². The van der Waals surface area contributed by atoms with Crippen molar-refractivity contribution >= 4 is 0 Å². The lowest BCUT2D eigenvalue weighted by atomic mass is 9.76. The highest BCUT2D eigenvalue weighted by atomic mass is 15.0. The van der Waals surface area contributed by atoms with E-state index in [2.05, 4.69) is 61.7 Å². The molecule has 2 heteroatoms. The summed E-state index contributed by atoms with van der Waals surface area (Å²) in [5.74, 6) is 0.757. The molecule has 2 saturated carbocycles. The Morgan fingerprint density at radius 1 is 1.13 bits per heavy atom. The van der Waals surface area contributed by atoms with Gasteiger partial charge in [0.1, 0.15) is 0 Å². The molecule has 2 N–H and O–H groups in total. The van der Waals surface area contributed by atoms with Gasteiger partial charge in [-0.15, -0.1) is 0 Å². The monoisotopic (exact) mass is 314 g/mol. The van der Waals surface area contributed by atoms with Crippen molar-refractivity contribution in [3.63, 3.8) is 0 Å². The summed E-state index contributed by atoms with van der Waals surface area (Å²) in [7, 11) is 0. The fourth-order valence-corrected chi connectivity index (χ4v) is 4.65. The van der Waals surface area contributed by atoms with E-state index in [0.717, 1.165) is 18.0 Å². The third-order valence-corrected chi connectivity index (χ3v) is 5.73. The molecule has 128 valence electrons. The molecule has 2 aliphatic carbocycles. The summed E-state index contributed by atoms with van der Waals surface area (Å²) < 4.78 is 0. The summed E-state index contributed by atoms with van der Waals surface area (Å²) >= 11 is 0. The van der Waals surface area contributed by atoms with Crippen molar-refractivity contribution in [2.75, 3.05) is 0 Å². The lowest BCUT2D eigenvalue weighted by Gasteiger charge is -2.43. The Morgan fingerprint density at radius 2 is 1.83 bits per heavy atom. The van der Waals surface area contributed by atoms with Gasteiger partial charge in [-0.3, -0.25) is 0 Å². The Morgan fingerprint density at radius 3 is 2.43 bits per heavy atom. The molecule has 0 unspecified atom stereocenters. The van der Waals surface area contributed by atoms with Crippen molar-refractivity contribution < 1.29 is 0 Å².